The molecule has 1 saturated heterocycles. The molecule has 7 heteroatoms. The van der Waals surface area contributed by atoms with Gasteiger partial charge in [-0.2, -0.15) is 0 Å². The molecule has 0 aromatic heterocycles. The fourth-order valence-corrected chi connectivity index (χ4v) is 3.39. The van der Waals surface area contributed by atoms with Crippen molar-refractivity contribution in [1.29, 1.82) is 0 Å². The molecule has 1 aliphatic heterocycles. The molecule has 0 bridgehead atoms. The zero-order valence-corrected chi connectivity index (χ0v) is 16.4. The summed E-state index contributed by atoms with van der Waals surface area (Å²) >= 11 is 0. The summed E-state index contributed by atoms with van der Waals surface area (Å²) in [5, 5.41) is 4.37. The number of rotatable bonds is 5. The van der Waals surface area contributed by atoms with Crippen LogP contribution < -0.4 is 14.8 Å². The highest BCUT2D eigenvalue weighted by molar-refractivity contribution is 6.14. The molecule has 0 unspecified atom stereocenters. The third-order valence-corrected chi connectivity index (χ3v) is 4.96. The van der Waals surface area contributed by atoms with E-state index in [9.17, 15) is 14.0 Å². The Balaban J connectivity index is 1.72. The Morgan fingerprint density at radius 2 is 1.73 bits per heavy atom. The number of amides is 3. The summed E-state index contributed by atoms with van der Waals surface area (Å²) in [7, 11) is 3.12. The van der Waals surface area contributed by atoms with Crippen LogP contribution in [0.5, 0.6) is 11.5 Å². The Morgan fingerprint density at radius 3 is 2.43 bits per heavy atom. The maximum absolute atomic E-state index is 13.1. The number of halogens is 1. The maximum Gasteiger partial charge on any atom is 0.329 e. The monoisotopic (exact) mass is 406 g/mol. The summed E-state index contributed by atoms with van der Waals surface area (Å²) in [6.45, 7) is 0.0444. The second-order valence-electron chi connectivity index (χ2n) is 6.77. The van der Waals surface area contributed by atoms with E-state index in [2.05, 4.69) is 5.32 Å². The number of hydrogen-bond acceptors (Lipinski definition) is 4. The highest BCUT2D eigenvalue weighted by atomic mass is 19.1. The van der Waals surface area contributed by atoms with Gasteiger partial charge in [-0.05, 0) is 52.7 Å². The van der Waals surface area contributed by atoms with Gasteiger partial charge in [0, 0.05) is 5.56 Å². The van der Waals surface area contributed by atoms with Crippen molar-refractivity contribution in [2.75, 3.05) is 14.2 Å². The van der Waals surface area contributed by atoms with Crippen molar-refractivity contribution in [3.05, 3.63) is 77.2 Å². The predicted octanol–water partition coefficient (Wildman–Crippen LogP) is 4.09. The van der Waals surface area contributed by atoms with Gasteiger partial charge in [-0.3, -0.25) is 9.69 Å². The Kier molecular flexibility index (Phi) is 5.10. The Labute approximate surface area is 172 Å². The first-order chi connectivity index (χ1) is 14.5. The molecule has 3 aromatic carbocycles. The molecule has 30 heavy (non-hydrogen) atoms. The van der Waals surface area contributed by atoms with E-state index in [4.69, 9.17) is 9.47 Å². The van der Waals surface area contributed by atoms with Crippen LogP contribution in [0.4, 0.5) is 9.18 Å². The van der Waals surface area contributed by atoms with Crippen LogP contribution in [0.15, 0.2) is 60.3 Å². The molecule has 152 valence electrons. The first-order valence-electron chi connectivity index (χ1n) is 9.24. The average Bonchev–Trinajstić information content (AvgIpc) is 3.02. The Morgan fingerprint density at radius 1 is 1.00 bits per heavy atom. The number of fused-ring (bicyclic) bond motifs is 1. The molecule has 0 atom stereocenters. The van der Waals surface area contributed by atoms with Gasteiger partial charge in [0.15, 0.2) is 0 Å². The number of carbonyl (C=O) groups excluding carboxylic acids is 2. The van der Waals surface area contributed by atoms with Gasteiger partial charge >= 0.3 is 6.03 Å². The molecule has 1 heterocycles. The standard InChI is InChI=1S/C23H19FN2O4/c1-29-17-9-5-15-6-10-21(30-2)19(18(15)11-17)12-20-22(27)26(23(28)25-20)13-14-3-7-16(24)8-4-14/h3-12H,13H2,1-2H3,(H,25,28)/b20-12-. The molecule has 1 aliphatic rings. The van der Waals surface area contributed by atoms with Crippen LogP contribution in [0.2, 0.25) is 0 Å². The number of imide groups is 1. The summed E-state index contributed by atoms with van der Waals surface area (Å²) < 4.78 is 23.9. The van der Waals surface area contributed by atoms with Crippen molar-refractivity contribution in [2.24, 2.45) is 0 Å². The molecule has 6 nitrogen and oxygen atoms in total. The molecular weight excluding hydrogens is 387 g/mol. The van der Waals surface area contributed by atoms with E-state index in [1.165, 1.54) is 24.3 Å². The molecule has 1 N–H and O–H groups in total. The van der Waals surface area contributed by atoms with Gasteiger partial charge in [0.1, 0.15) is 23.0 Å². The largest absolute Gasteiger partial charge is 0.497 e. The summed E-state index contributed by atoms with van der Waals surface area (Å²) in [4.78, 5) is 26.4. The first kappa shape index (κ1) is 19.4. The fourth-order valence-electron chi connectivity index (χ4n) is 3.39. The van der Waals surface area contributed by atoms with Gasteiger partial charge in [0.05, 0.1) is 20.8 Å². The van der Waals surface area contributed by atoms with E-state index in [0.717, 1.165) is 15.7 Å². The zero-order valence-electron chi connectivity index (χ0n) is 16.4. The first-order valence-corrected chi connectivity index (χ1v) is 9.24. The van der Waals surface area contributed by atoms with Crippen LogP contribution in [-0.4, -0.2) is 31.1 Å². The quantitative estimate of drug-likeness (QED) is 0.512. The van der Waals surface area contributed by atoms with Gasteiger partial charge in [0.2, 0.25) is 0 Å². The molecule has 3 amide bonds. The number of nitrogens with one attached hydrogen (secondary N) is 1. The maximum atomic E-state index is 13.1. The van der Waals surface area contributed by atoms with E-state index in [0.29, 0.717) is 22.6 Å². The van der Waals surface area contributed by atoms with E-state index in [1.54, 1.807) is 26.4 Å². The lowest BCUT2D eigenvalue weighted by Gasteiger charge is -2.12. The van der Waals surface area contributed by atoms with E-state index < -0.39 is 11.9 Å². The molecule has 0 spiro atoms. The van der Waals surface area contributed by atoms with Gasteiger partial charge in [-0.25, -0.2) is 9.18 Å². The normalized spacial score (nSPS) is 15.0. The van der Waals surface area contributed by atoms with E-state index >= 15 is 0 Å². The highest BCUT2D eigenvalue weighted by Gasteiger charge is 2.33. The molecule has 4 rings (SSSR count). The summed E-state index contributed by atoms with van der Waals surface area (Å²) in [5.41, 5.74) is 1.44. The molecule has 1 fully saturated rings. The molecule has 0 saturated carbocycles. The number of ether oxygens (including phenoxy) is 2. The van der Waals surface area contributed by atoms with Crippen molar-refractivity contribution in [1.82, 2.24) is 10.2 Å². The van der Waals surface area contributed by atoms with Crippen molar-refractivity contribution < 1.29 is 23.5 Å². The molecule has 0 radical (unpaired) electrons. The van der Waals surface area contributed by atoms with Crippen LogP contribution in [0.3, 0.4) is 0 Å². The van der Waals surface area contributed by atoms with E-state index in [-0.39, 0.29) is 18.1 Å². The minimum absolute atomic E-state index is 0.0444. The van der Waals surface area contributed by atoms with Crippen LogP contribution >= 0.6 is 0 Å². The minimum Gasteiger partial charge on any atom is -0.497 e. The van der Waals surface area contributed by atoms with Crippen LogP contribution in [0.25, 0.3) is 16.8 Å². The fraction of sp³-hybridized carbons (Fsp3) is 0.130. The lowest BCUT2D eigenvalue weighted by atomic mass is 10.0. The second kappa shape index (κ2) is 7.87. The smallest absolute Gasteiger partial charge is 0.329 e. The van der Waals surface area contributed by atoms with Crippen molar-refractivity contribution in [3.63, 3.8) is 0 Å². The van der Waals surface area contributed by atoms with Crippen molar-refractivity contribution in [3.8, 4) is 11.5 Å². The SMILES string of the molecule is COc1ccc2ccc(OC)c(/C=C3\NC(=O)N(Cc4ccc(F)cc4)C3=O)c2c1. The number of benzene rings is 3. The Bertz CT molecular complexity index is 1170. The third-order valence-electron chi connectivity index (χ3n) is 4.96. The Hall–Kier alpha value is -3.87. The highest BCUT2D eigenvalue weighted by Crippen LogP contribution is 2.33. The number of carbonyl (C=O) groups is 2. The van der Waals surface area contributed by atoms with Gasteiger partial charge in [0.25, 0.3) is 5.91 Å². The summed E-state index contributed by atoms with van der Waals surface area (Å²) in [5.74, 6) is 0.374. The summed E-state index contributed by atoms with van der Waals surface area (Å²) in [6.07, 6.45) is 1.60. The number of methoxy groups -OCH3 is 2. The minimum atomic E-state index is -0.535. The predicted molar refractivity (Wildman–Crippen MR) is 111 cm³/mol. The lowest BCUT2D eigenvalue weighted by molar-refractivity contribution is -0.123. The van der Waals surface area contributed by atoms with Crippen molar-refractivity contribution in [2.45, 2.75) is 6.54 Å². The molecule has 3 aromatic rings. The van der Waals surface area contributed by atoms with Crippen LogP contribution in [0, 0.1) is 5.82 Å². The lowest BCUT2D eigenvalue weighted by Crippen LogP contribution is -2.30. The van der Waals surface area contributed by atoms with Crippen LogP contribution in [0.1, 0.15) is 11.1 Å². The van der Waals surface area contributed by atoms with Crippen molar-refractivity contribution >= 4 is 28.8 Å². The van der Waals surface area contributed by atoms with Gasteiger partial charge in [-0.1, -0.05) is 24.3 Å². The van der Waals surface area contributed by atoms with Gasteiger partial charge in [-0.15, -0.1) is 0 Å². The average molecular weight is 406 g/mol. The summed E-state index contributed by atoms with van der Waals surface area (Å²) in [6, 6.07) is 14.4. The topological polar surface area (TPSA) is 67.9 Å². The molecular formula is C23H19FN2O4. The number of urea groups is 1. The van der Waals surface area contributed by atoms with Gasteiger partial charge < -0.3 is 14.8 Å². The van der Waals surface area contributed by atoms with Crippen LogP contribution in [-0.2, 0) is 11.3 Å². The van der Waals surface area contributed by atoms with E-state index in [1.807, 2.05) is 24.3 Å². The molecule has 0 aliphatic carbocycles. The second-order valence-corrected chi connectivity index (χ2v) is 6.77. The number of nitrogens with zero attached hydrogens (tertiary/aromatic N) is 1. The third kappa shape index (κ3) is 3.57. The number of hydrogen-bond donors (Lipinski definition) is 1. The zero-order chi connectivity index (χ0) is 21.3.